The molecule has 11 nitrogen and oxygen atoms in total. The third kappa shape index (κ3) is 5.91. The third-order valence-corrected chi connectivity index (χ3v) is 10.5. The summed E-state index contributed by atoms with van der Waals surface area (Å²) in [5.74, 6) is -2.14. The van der Waals surface area contributed by atoms with Crippen LogP contribution in [0.5, 0.6) is 0 Å². The van der Waals surface area contributed by atoms with Crippen molar-refractivity contribution < 1.29 is 46.8 Å². The van der Waals surface area contributed by atoms with E-state index in [4.69, 9.17) is 21.0 Å². The molecule has 7 atom stereocenters. The van der Waals surface area contributed by atoms with Crippen LogP contribution >= 0.6 is 27.2 Å². The van der Waals surface area contributed by atoms with Crippen molar-refractivity contribution in [1.29, 1.82) is 0 Å². The Morgan fingerprint density at radius 1 is 1.23 bits per heavy atom. The molecular weight excluding hydrogens is 599 g/mol. The number of nitrogens with one attached hydrogen (secondary N) is 1. The average molecular weight is 624 g/mol. The Labute approximate surface area is 231 Å². The second-order valence-electron chi connectivity index (χ2n) is 9.94. The number of aryl methyl sites for hydroxylation is 1. The molecule has 3 aromatic rings. The first kappa shape index (κ1) is 29.3. The second-order valence-corrected chi connectivity index (χ2v) is 13.6. The Bertz CT molecular complexity index is 1510. The number of hydrogen-bond donors (Lipinski definition) is 5. The number of fused-ring (bicyclic) bond motifs is 2. The first-order chi connectivity index (χ1) is 18.7. The minimum absolute atomic E-state index is 0.125. The highest BCUT2D eigenvalue weighted by Gasteiger charge is 2.45. The normalized spacial score (nSPS) is 26.6. The molecule has 1 fully saturated rings. The molecule has 216 valence electrons. The molecule has 2 aliphatic carbocycles. The van der Waals surface area contributed by atoms with Gasteiger partial charge in [0.25, 0.3) is 5.90 Å². The summed E-state index contributed by atoms with van der Waals surface area (Å²) >= 11 is 6.20. The molecule has 1 saturated carbocycles. The summed E-state index contributed by atoms with van der Waals surface area (Å²) in [6, 6.07) is 6.50. The zero-order valence-corrected chi connectivity index (χ0v) is 23.1. The van der Waals surface area contributed by atoms with Crippen molar-refractivity contribution in [3.63, 3.8) is 0 Å². The lowest BCUT2D eigenvalue weighted by Crippen LogP contribution is -2.29. The van der Waals surface area contributed by atoms with Gasteiger partial charge in [0.15, 0.2) is 5.82 Å². The number of nitrogens with zero attached hydrogens (tertiary/aromatic N) is 3. The number of benzene rings is 1. The first-order valence-electron chi connectivity index (χ1n) is 12.2. The van der Waals surface area contributed by atoms with Crippen LogP contribution in [0.1, 0.15) is 47.2 Å². The smallest absolute Gasteiger partial charge is 0.390 e. The Balaban J connectivity index is 1.39. The number of halogens is 4. The molecular formula is C23H25ClF3N4O7P2+. The second kappa shape index (κ2) is 10.9. The number of hydrogen-bond acceptors (Lipinski definition) is 8. The fourth-order valence-electron chi connectivity index (χ4n) is 5.46. The molecule has 2 unspecified atom stereocenters. The Morgan fingerprint density at radius 2 is 1.98 bits per heavy atom. The molecule has 2 heterocycles. The van der Waals surface area contributed by atoms with E-state index < -0.39 is 70.0 Å². The van der Waals surface area contributed by atoms with E-state index in [1.165, 1.54) is 10.6 Å². The summed E-state index contributed by atoms with van der Waals surface area (Å²) < 4.78 is 69.2. The fraction of sp³-hybridized carbons (Fsp3) is 0.478. The Kier molecular flexibility index (Phi) is 8.01. The number of anilines is 1. The molecule has 5 rings (SSSR count). The lowest BCUT2D eigenvalue weighted by atomic mass is 10.0. The van der Waals surface area contributed by atoms with Crippen molar-refractivity contribution >= 4 is 38.6 Å². The van der Waals surface area contributed by atoms with Gasteiger partial charge in [-0.3, -0.25) is 4.57 Å². The number of rotatable bonds is 8. The molecule has 17 heteroatoms. The molecule has 5 N–H and O–H groups in total. The highest BCUT2D eigenvalue weighted by Crippen LogP contribution is 2.50. The van der Waals surface area contributed by atoms with Gasteiger partial charge in [0.1, 0.15) is 5.52 Å². The summed E-state index contributed by atoms with van der Waals surface area (Å²) in [5, 5.41) is 28.6. The quantitative estimate of drug-likeness (QED) is 0.229. The van der Waals surface area contributed by atoms with Crippen LogP contribution in [-0.2, 0) is 26.3 Å². The van der Waals surface area contributed by atoms with Gasteiger partial charge in [-0.05, 0) is 70.8 Å². The zero-order chi connectivity index (χ0) is 29.0. The van der Waals surface area contributed by atoms with E-state index in [0.29, 0.717) is 29.6 Å². The van der Waals surface area contributed by atoms with Crippen molar-refractivity contribution in [2.75, 3.05) is 17.8 Å². The van der Waals surface area contributed by atoms with Crippen LogP contribution in [0.4, 0.5) is 19.0 Å². The number of aliphatic hydroxyl groups excluding tert-OH is 2. The van der Waals surface area contributed by atoms with E-state index in [1.54, 1.807) is 12.1 Å². The molecule has 2 aromatic heterocycles. The Hall–Kier alpha value is -2.15. The number of aliphatic hydroxyl groups is 2. The van der Waals surface area contributed by atoms with E-state index in [0.717, 1.165) is 17.7 Å². The highest BCUT2D eigenvalue weighted by atomic mass is 35.5. The molecule has 0 amide bonds. The summed E-state index contributed by atoms with van der Waals surface area (Å²) in [4.78, 5) is 22.9. The monoisotopic (exact) mass is 623 g/mol. The average Bonchev–Trinajstić information content (AvgIpc) is 3.53. The van der Waals surface area contributed by atoms with Gasteiger partial charge in [0.05, 0.1) is 30.4 Å². The van der Waals surface area contributed by atoms with Crippen molar-refractivity contribution in [3.8, 4) is 0 Å². The van der Waals surface area contributed by atoms with Crippen LogP contribution in [0.3, 0.4) is 0 Å². The van der Waals surface area contributed by atoms with Gasteiger partial charge in [0, 0.05) is 17.5 Å². The Morgan fingerprint density at radius 3 is 2.67 bits per heavy atom. The van der Waals surface area contributed by atoms with Crippen molar-refractivity contribution in [3.05, 3.63) is 58.0 Å². The predicted octanol–water partition coefficient (Wildman–Crippen LogP) is 4.22. The van der Waals surface area contributed by atoms with Gasteiger partial charge in [-0.15, -0.1) is 5.10 Å². The van der Waals surface area contributed by atoms with Gasteiger partial charge in [-0.1, -0.05) is 6.07 Å². The summed E-state index contributed by atoms with van der Waals surface area (Å²) in [5.41, 5.74) is 1.46. The summed E-state index contributed by atoms with van der Waals surface area (Å²) in [6.07, 6.45) is -5.87. The standard InChI is InChI=1S/C23H24ClF3N4O7P2/c24-22-29-21(28-16-4-2-11-1-3-13(8-14(11)16)23(25,26)27)18-6-5-17(31(18)30-22)15-7-12(19(32)20(15)33)9-38-40(36,37)10-39(34)35/h1,3,5-6,8,12,15-16,19-20,32-33H,2,4,7,9-10H2,(H2-,28,29,30,34,35,36,37)/p+1/t12-,15+,16-,19-,20+/m1/s1. The molecule has 0 spiro atoms. The van der Waals surface area contributed by atoms with Gasteiger partial charge in [-0.25, -0.2) is 4.52 Å². The van der Waals surface area contributed by atoms with Gasteiger partial charge >= 0.3 is 21.8 Å². The van der Waals surface area contributed by atoms with Gasteiger partial charge in [0.2, 0.25) is 5.28 Å². The van der Waals surface area contributed by atoms with Crippen LogP contribution in [0.15, 0.2) is 30.3 Å². The number of aromatic nitrogens is 3. The largest absolute Gasteiger partial charge is 0.518 e. The third-order valence-electron chi connectivity index (χ3n) is 7.35. The topological polar surface area (TPSA) is 167 Å². The minimum atomic E-state index is -4.48. The SMILES string of the molecule is O=[P+](O)CP(=O)(O)OC[C@H]1C[C@@H](c2ccc3c(N[C@@H]4CCc5ccc(C(F)(F)F)cc54)nc(Cl)nn23)[C@H](O)[C@@H]1O. The predicted molar refractivity (Wildman–Crippen MR) is 137 cm³/mol. The molecule has 0 bridgehead atoms. The maximum absolute atomic E-state index is 13.3. The van der Waals surface area contributed by atoms with Gasteiger partial charge < -0.3 is 24.9 Å². The molecule has 0 aliphatic heterocycles. The van der Waals surface area contributed by atoms with Crippen LogP contribution < -0.4 is 5.32 Å². The zero-order valence-electron chi connectivity index (χ0n) is 20.6. The van der Waals surface area contributed by atoms with E-state index in [2.05, 4.69) is 15.4 Å². The molecule has 1 aromatic carbocycles. The van der Waals surface area contributed by atoms with Gasteiger partial charge in [-0.2, -0.15) is 23.0 Å². The van der Waals surface area contributed by atoms with Crippen LogP contribution in [0.2, 0.25) is 5.28 Å². The van der Waals surface area contributed by atoms with Crippen molar-refractivity contribution in [1.82, 2.24) is 14.6 Å². The first-order valence-corrected chi connectivity index (χ1v) is 15.7. The van der Waals surface area contributed by atoms with E-state index in [9.17, 15) is 37.4 Å². The minimum Gasteiger partial charge on any atom is -0.390 e. The van der Waals surface area contributed by atoms with Crippen molar-refractivity contribution in [2.24, 2.45) is 5.92 Å². The number of alkyl halides is 3. The lowest BCUT2D eigenvalue weighted by Gasteiger charge is -2.19. The molecule has 0 saturated heterocycles. The lowest BCUT2D eigenvalue weighted by molar-refractivity contribution is -0.137. The fourth-order valence-corrected chi connectivity index (χ4v) is 7.59. The van der Waals surface area contributed by atoms with Crippen LogP contribution in [0, 0.1) is 5.92 Å². The van der Waals surface area contributed by atoms with Crippen LogP contribution in [-0.4, -0.2) is 59.3 Å². The van der Waals surface area contributed by atoms with Crippen LogP contribution in [0.25, 0.3) is 5.52 Å². The molecule has 0 radical (unpaired) electrons. The van der Waals surface area contributed by atoms with Crippen molar-refractivity contribution in [2.45, 2.75) is 49.6 Å². The maximum atomic E-state index is 13.3. The van der Waals surface area contributed by atoms with E-state index in [-0.39, 0.29) is 17.5 Å². The molecule has 2 aliphatic rings. The van der Waals surface area contributed by atoms with E-state index >= 15 is 0 Å². The molecule has 40 heavy (non-hydrogen) atoms. The summed E-state index contributed by atoms with van der Waals surface area (Å²) in [7, 11) is -7.28. The van der Waals surface area contributed by atoms with E-state index in [1.807, 2.05) is 0 Å². The highest BCUT2D eigenvalue weighted by molar-refractivity contribution is 7.64. The maximum Gasteiger partial charge on any atom is 0.518 e. The summed E-state index contributed by atoms with van der Waals surface area (Å²) in [6.45, 7) is -0.432.